The number of halogens is 2. The van der Waals surface area contributed by atoms with Crippen molar-refractivity contribution in [3.8, 4) is 33.4 Å². The van der Waals surface area contributed by atoms with E-state index in [1.807, 2.05) is 63.2 Å². The summed E-state index contributed by atoms with van der Waals surface area (Å²) in [6.45, 7) is 5.88. The van der Waals surface area contributed by atoms with Gasteiger partial charge in [0.2, 0.25) is 0 Å². The van der Waals surface area contributed by atoms with Gasteiger partial charge in [0.15, 0.2) is 0 Å². The molecule has 0 radical (unpaired) electrons. The molecule has 6 aromatic carbocycles. The Morgan fingerprint density at radius 1 is 0.463 bits per heavy atom. The average Bonchev–Trinajstić information content (AvgIpc) is 2.98. The minimum absolute atomic E-state index is 0.331. The highest BCUT2D eigenvalue weighted by Crippen LogP contribution is 2.43. The molecule has 0 aliphatic heterocycles. The lowest BCUT2D eigenvalue weighted by Crippen LogP contribution is -2.38. The highest BCUT2D eigenvalue weighted by Gasteiger charge is 2.29. The fourth-order valence-electron chi connectivity index (χ4n) is 5.62. The van der Waals surface area contributed by atoms with E-state index in [0.717, 1.165) is 33.4 Å². The summed E-state index contributed by atoms with van der Waals surface area (Å²) in [7, 11) is 0. The predicted octanol–water partition coefficient (Wildman–Crippen LogP) is 11.1. The molecule has 202 valence electrons. The summed E-state index contributed by atoms with van der Waals surface area (Å²) in [5.74, 6) is -0.799. The number of benzene rings is 6. The van der Waals surface area contributed by atoms with Crippen LogP contribution in [0.15, 0.2) is 133 Å². The van der Waals surface area contributed by atoms with Gasteiger partial charge in [-0.2, -0.15) is 0 Å². The largest absolute Gasteiger partial charge is 0.331 e. The molecule has 0 unspecified atom stereocenters. The van der Waals surface area contributed by atoms with Crippen LogP contribution in [0.1, 0.15) is 20.8 Å². The summed E-state index contributed by atoms with van der Waals surface area (Å²) >= 11 is 0. The zero-order valence-electron chi connectivity index (χ0n) is 23.4. The fraction of sp³-hybridized carbons (Fsp3) is 0.105. The van der Waals surface area contributed by atoms with E-state index in [1.54, 1.807) is 29.2 Å². The molecule has 3 heteroatoms. The number of hydrogen-bond acceptors (Lipinski definition) is 1. The molecule has 0 bridgehead atoms. The maximum absolute atomic E-state index is 16.2. The van der Waals surface area contributed by atoms with Gasteiger partial charge < -0.3 is 4.90 Å². The van der Waals surface area contributed by atoms with Crippen LogP contribution in [0, 0.1) is 11.6 Å². The van der Waals surface area contributed by atoms with Crippen molar-refractivity contribution in [2.24, 2.45) is 0 Å². The van der Waals surface area contributed by atoms with Crippen LogP contribution >= 0.6 is 0 Å². The van der Waals surface area contributed by atoms with Gasteiger partial charge in [0.25, 0.3) is 0 Å². The van der Waals surface area contributed by atoms with Crippen molar-refractivity contribution in [3.05, 3.63) is 145 Å². The predicted molar refractivity (Wildman–Crippen MR) is 169 cm³/mol. The Morgan fingerprint density at radius 2 is 1.02 bits per heavy atom. The van der Waals surface area contributed by atoms with Crippen LogP contribution < -0.4 is 4.90 Å². The first kappa shape index (κ1) is 26.5. The van der Waals surface area contributed by atoms with Crippen molar-refractivity contribution in [1.29, 1.82) is 0 Å². The highest BCUT2D eigenvalue weighted by molar-refractivity contribution is 5.97. The van der Waals surface area contributed by atoms with Gasteiger partial charge in [-0.3, -0.25) is 0 Å². The zero-order valence-corrected chi connectivity index (χ0v) is 23.4. The molecule has 0 aromatic heterocycles. The van der Waals surface area contributed by atoms with E-state index in [9.17, 15) is 0 Å². The van der Waals surface area contributed by atoms with E-state index < -0.39 is 17.2 Å². The van der Waals surface area contributed by atoms with E-state index in [-0.39, 0.29) is 0 Å². The molecular formula is C38H31F2N. The van der Waals surface area contributed by atoms with Crippen LogP contribution in [0.4, 0.5) is 20.2 Å². The lowest BCUT2D eigenvalue weighted by atomic mass is 9.91. The first-order valence-corrected chi connectivity index (χ1v) is 13.8. The third-order valence-corrected chi connectivity index (χ3v) is 7.47. The molecule has 0 amide bonds. The lowest BCUT2D eigenvalue weighted by molar-refractivity contribution is 0.527. The van der Waals surface area contributed by atoms with E-state index in [4.69, 9.17) is 0 Å². The van der Waals surface area contributed by atoms with Gasteiger partial charge >= 0.3 is 0 Å². The first-order valence-electron chi connectivity index (χ1n) is 13.8. The lowest BCUT2D eigenvalue weighted by Gasteiger charge is -2.38. The normalized spacial score (nSPS) is 11.5. The summed E-state index contributed by atoms with van der Waals surface area (Å²) in [6.07, 6.45) is 0. The summed E-state index contributed by atoms with van der Waals surface area (Å²) in [5.41, 5.74) is 5.87. The summed E-state index contributed by atoms with van der Waals surface area (Å²) < 4.78 is 31.3. The van der Waals surface area contributed by atoms with Crippen molar-refractivity contribution < 1.29 is 8.78 Å². The number of nitrogens with zero attached hydrogens (tertiary/aromatic N) is 1. The summed E-state index contributed by atoms with van der Waals surface area (Å²) in [4.78, 5) is 1.75. The Morgan fingerprint density at radius 3 is 1.73 bits per heavy atom. The van der Waals surface area contributed by atoms with Crippen molar-refractivity contribution in [3.63, 3.8) is 0 Å². The Balaban J connectivity index is 1.51. The smallest absolute Gasteiger partial charge is 0.147 e. The van der Waals surface area contributed by atoms with Crippen LogP contribution in [0.5, 0.6) is 0 Å². The molecule has 0 heterocycles. The van der Waals surface area contributed by atoms with E-state index >= 15 is 8.78 Å². The quantitative estimate of drug-likeness (QED) is 0.211. The molecule has 0 aliphatic carbocycles. The third-order valence-electron chi connectivity index (χ3n) is 7.47. The third kappa shape index (κ3) is 5.12. The van der Waals surface area contributed by atoms with Gasteiger partial charge in [-0.25, -0.2) is 8.78 Å². The van der Waals surface area contributed by atoms with Gasteiger partial charge in [-0.1, -0.05) is 109 Å². The van der Waals surface area contributed by atoms with Crippen LogP contribution in [-0.2, 0) is 0 Å². The molecule has 0 atom stereocenters. The Hall–Kier alpha value is -4.76. The van der Waals surface area contributed by atoms with Crippen LogP contribution in [0.2, 0.25) is 0 Å². The van der Waals surface area contributed by atoms with Crippen LogP contribution in [0.25, 0.3) is 44.2 Å². The second kappa shape index (κ2) is 10.7. The maximum Gasteiger partial charge on any atom is 0.147 e. The second-order valence-corrected chi connectivity index (χ2v) is 11.3. The first-order chi connectivity index (χ1) is 19.8. The minimum atomic E-state index is -0.585. The molecule has 6 rings (SSSR count). The van der Waals surface area contributed by atoms with Crippen molar-refractivity contribution >= 4 is 22.1 Å². The van der Waals surface area contributed by atoms with Gasteiger partial charge in [-0.05, 0) is 89.2 Å². The standard InChI is InChI=1S/C38H31F2N/c1-38(2,3)41(36-19-10-9-18-34(36)39)37-25-33(27-12-5-4-6-13-27)32(24-35(37)40)29-22-20-28(21-23-29)31-17-11-15-26-14-7-8-16-30(26)31/h4-25H,1-3H3. The molecule has 0 spiro atoms. The van der Waals surface area contributed by atoms with Gasteiger partial charge in [0, 0.05) is 5.54 Å². The zero-order chi connectivity index (χ0) is 28.6. The topological polar surface area (TPSA) is 3.24 Å². The fourth-order valence-corrected chi connectivity index (χ4v) is 5.62. The van der Waals surface area contributed by atoms with Gasteiger partial charge in [-0.15, -0.1) is 0 Å². The minimum Gasteiger partial charge on any atom is -0.331 e. The second-order valence-electron chi connectivity index (χ2n) is 11.3. The molecule has 41 heavy (non-hydrogen) atoms. The number of fused-ring (bicyclic) bond motifs is 1. The molecule has 1 nitrogen and oxygen atoms in total. The number of anilines is 2. The molecule has 0 N–H and O–H groups in total. The number of rotatable bonds is 5. The Bertz CT molecular complexity index is 1830. The Kier molecular flexibility index (Phi) is 6.88. The van der Waals surface area contributed by atoms with Crippen molar-refractivity contribution in [2.45, 2.75) is 26.3 Å². The molecule has 0 saturated carbocycles. The monoisotopic (exact) mass is 539 g/mol. The molecular weight excluding hydrogens is 508 g/mol. The summed E-state index contributed by atoms with van der Waals surface area (Å²) in [5, 5.41) is 2.38. The van der Waals surface area contributed by atoms with Gasteiger partial charge in [0.1, 0.15) is 11.6 Å². The number of hydrogen-bond donors (Lipinski definition) is 0. The van der Waals surface area contributed by atoms with Crippen LogP contribution in [0.3, 0.4) is 0 Å². The molecule has 6 aromatic rings. The highest BCUT2D eigenvalue weighted by atomic mass is 19.1. The van der Waals surface area contributed by atoms with Crippen LogP contribution in [-0.4, -0.2) is 5.54 Å². The molecule has 0 saturated heterocycles. The van der Waals surface area contributed by atoms with E-state index in [0.29, 0.717) is 11.4 Å². The van der Waals surface area contributed by atoms with Crippen molar-refractivity contribution in [1.82, 2.24) is 0 Å². The van der Waals surface area contributed by atoms with Gasteiger partial charge in [0.05, 0.1) is 11.4 Å². The van der Waals surface area contributed by atoms with E-state index in [1.165, 1.54) is 16.8 Å². The Labute approximate surface area is 240 Å². The average molecular weight is 540 g/mol. The maximum atomic E-state index is 16.2. The summed E-state index contributed by atoms with van der Waals surface area (Å²) in [6, 6.07) is 42.9. The van der Waals surface area contributed by atoms with E-state index in [2.05, 4.69) is 60.7 Å². The SMILES string of the molecule is CC(C)(C)N(c1ccccc1F)c1cc(-c2ccccc2)c(-c2ccc(-c3cccc4ccccc34)cc2)cc1F. The van der Waals surface area contributed by atoms with Crippen molar-refractivity contribution in [2.75, 3.05) is 4.90 Å². The molecule has 0 fully saturated rings. The number of para-hydroxylation sites is 1. The molecule has 0 aliphatic rings.